The molecular weight excluding hydrogens is 452 g/mol. The molecule has 0 radical (unpaired) electrons. The smallest absolute Gasteiger partial charge is 0.378 e. The number of halogens is 1. The SMILES string of the molecule is COC(=O)c1nc2n(n1)C(c1cc(OC)ccc1OC)CC(c1ccc(Br)cc1)=N2. The van der Waals surface area contributed by atoms with Crippen LogP contribution in [0.1, 0.15) is 34.2 Å². The second kappa shape index (κ2) is 8.27. The Hall–Kier alpha value is -3.20. The third-order valence-electron chi connectivity index (χ3n) is 4.87. The summed E-state index contributed by atoms with van der Waals surface area (Å²) >= 11 is 3.46. The van der Waals surface area contributed by atoms with Crippen LogP contribution in [0.25, 0.3) is 0 Å². The van der Waals surface area contributed by atoms with E-state index in [2.05, 4.69) is 31.0 Å². The quantitative estimate of drug-likeness (QED) is 0.524. The largest absolute Gasteiger partial charge is 0.497 e. The second-order valence-electron chi connectivity index (χ2n) is 6.56. The molecule has 0 N–H and O–H groups in total. The van der Waals surface area contributed by atoms with E-state index in [0.29, 0.717) is 23.9 Å². The van der Waals surface area contributed by atoms with Gasteiger partial charge < -0.3 is 14.2 Å². The third kappa shape index (κ3) is 3.68. The van der Waals surface area contributed by atoms with Crippen molar-refractivity contribution in [2.75, 3.05) is 21.3 Å². The molecule has 30 heavy (non-hydrogen) atoms. The summed E-state index contributed by atoms with van der Waals surface area (Å²) in [5.41, 5.74) is 2.64. The molecule has 1 atom stereocenters. The number of carbonyl (C=O) groups is 1. The van der Waals surface area contributed by atoms with E-state index >= 15 is 0 Å². The van der Waals surface area contributed by atoms with E-state index in [-0.39, 0.29) is 11.9 Å². The third-order valence-corrected chi connectivity index (χ3v) is 5.40. The average molecular weight is 471 g/mol. The fraction of sp³-hybridized carbons (Fsp3) is 0.238. The molecule has 0 aliphatic carbocycles. The van der Waals surface area contributed by atoms with Crippen molar-refractivity contribution >= 4 is 33.6 Å². The van der Waals surface area contributed by atoms with Gasteiger partial charge in [0.05, 0.1) is 33.1 Å². The average Bonchev–Trinajstić information content (AvgIpc) is 3.22. The van der Waals surface area contributed by atoms with E-state index in [4.69, 9.17) is 14.2 Å². The van der Waals surface area contributed by atoms with E-state index in [1.165, 1.54) is 7.11 Å². The van der Waals surface area contributed by atoms with Gasteiger partial charge in [0.25, 0.3) is 5.82 Å². The van der Waals surface area contributed by atoms with Gasteiger partial charge in [-0.1, -0.05) is 28.1 Å². The lowest BCUT2D eigenvalue weighted by Gasteiger charge is -2.25. The van der Waals surface area contributed by atoms with Gasteiger partial charge in [-0.15, -0.1) is 5.10 Å². The van der Waals surface area contributed by atoms with Crippen LogP contribution in [0.4, 0.5) is 5.95 Å². The van der Waals surface area contributed by atoms with Crippen molar-refractivity contribution < 1.29 is 19.0 Å². The number of carbonyl (C=O) groups excluding carboxylic acids is 1. The fourth-order valence-corrected chi connectivity index (χ4v) is 3.64. The Kier molecular flexibility index (Phi) is 5.54. The van der Waals surface area contributed by atoms with Gasteiger partial charge in [-0.2, -0.15) is 4.98 Å². The summed E-state index contributed by atoms with van der Waals surface area (Å²) in [5, 5.41) is 4.37. The minimum Gasteiger partial charge on any atom is -0.497 e. The first-order valence-corrected chi connectivity index (χ1v) is 9.93. The zero-order valence-corrected chi connectivity index (χ0v) is 18.2. The minimum atomic E-state index is -0.617. The monoisotopic (exact) mass is 470 g/mol. The molecule has 0 saturated carbocycles. The number of hydrogen-bond donors (Lipinski definition) is 0. The van der Waals surface area contributed by atoms with E-state index in [1.54, 1.807) is 18.9 Å². The molecule has 2 heterocycles. The van der Waals surface area contributed by atoms with Crippen molar-refractivity contribution in [2.24, 2.45) is 4.99 Å². The fourth-order valence-electron chi connectivity index (χ4n) is 3.38. The van der Waals surface area contributed by atoms with Crippen molar-refractivity contribution in [1.82, 2.24) is 14.8 Å². The summed E-state index contributed by atoms with van der Waals surface area (Å²) in [7, 11) is 4.51. The van der Waals surface area contributed by atoms with Crippen molar-refractivity contribution in [2.45, 2.75) is 12.5 Å². The predicted molar refractivity (Wildman–Crippen MR) is 114 cm³/mol. The molecule has 1 aliphatic rings. The molecule has 1 aromatic heterocycles. The number of benzene rings is 2. The molecule has 154 valence electrons. The molecular formula is C21H19BrN4O4. The Labute approximate surface area is 181 Å². The number of rotatable bonds is 5. The van der Waals surface area contributed by atoms with Crippen LogP contribution in [0, 0.1) is 0 Å². The Balaban J connectivity index is 1.87. The van der Waals surface area contributed by atoms with E-state index in [1.807, 2.05) is 42.5 Å². The first kappa shape index (κ1) is 20.1. The zero-order chi connectivity index (χ0) is 21.3. The lowest BCUT2D eigenvalue weighted by molar-refractivity contribution is 0.0586. The topological polar surface area (TPSA) is 87.8 Å². The van der Waals surface area contributed by atoms with Gasteiger partial charge in [-0.05, 0) is 35.9 Å². The molecule has 0 spiro atoms. The van der Waals surface area contributed by atoms with Crippen LogP contribution >= 0.6 is 15.9 Å². The highest BCUT2D eigenvalue weighted by Crippen LogP contribution is 2.38. The normalized spacial score (nSPS) is 15.2. The van der Waals surface area contributed by atoms with Gasteiger partial charge in [0.1, 0.15) is 11.5 Å². The Morgan fingerprint density at radius 1 is 1.10 bits per heavy atom. The molecule has 2 aromatic carbocycles. The number of aromatic nitrogens is 3. The second-order valence-corrected chi connectivity index (χ2v) is 7.48. The number of esters is 1. The number of methoxy groups -OCH3 is 3. The zero-order valence-electron chi connectivity index (χ0n) is 16.6. The highest BCUT2D eigenvalue weighted by Gasteiger charge is 2.31. The van der Waals surface area contributed by atoms with E-state index < -0.39 is 5.97 Å². The van der Waals surface area contributed by atoms with Crippen LogP contribution in [0.5, 0.6) is 11.5 Å². The first-order valence-electron chi connectivity index (χ1n) is 9.14. The Bertz CT molecular complexity index is 1120. The summed E-state index contributed by atoms with van der Waals surface area (Å²) in [4.78, 5) is 21.0. The molecule has 0 fully saturated rings. The van der Waals surface area contributed by atoms with Crippen molar-refractivity contribution in [3.8, 4) is 11.5 Å². The van der Waals surface area contributed by atoms with Gasteiger partial charge in [0.2, 0.25) is 5.95 Å². The maximum absolute atomic E-state index is 12.0. The van der Waals surface area contributed by atoms with Crippen molar-refractivity contribution in [3.05, 3.63) is 63.9 Å². The molecule has 8 nitrogen and oxygen atoms in total. The van der Waals surface area contributed by atoms with Crippen LogP contribution < -0.4 is 9.47 Å². The van der Waals surface area contributed by atoms with Gasteiger partial charge in [-0.25, -0.2) is 14.5 Å². The number of hydrogen-bond acceptors (Lipinski definition) is 7. The predicted octanol–water partition coefficient (Wildman–Crippen LogP) is 3.96. The minimum absolute atomic E-state index is 0.0415. The van der Waals surface area contributed by atoms with E-state index in [0.717, 1.165) is 21.3 Å². The van der Waals surface area contributed by atoms with Gasteiger partial charge in [0.15, 0.2) is 0 Å². The van der Waals surface area contributed by atoms with Gasteiger partial charge in [0, 0.05) is 16.5 Å². The van der Waals surface area contributed by atoms with Crippen LogP contribution in [0.2, 0.25) is 0 Å². The highest BCUT2D eigenvalue weighted by molar-refractivity contribution is 9.10. The van der Waals surface area contributed by atoms with Crippen molar-refractivity contribution in [1.29, 1.82) is 0 Å². The summed E-state index contributed by atoms with van der Waals surface area (Å²) in [5.74, 6) is 1.04. The van der Waals surface area contributed by atoms with Crippen LogP contribution in [0.3, 0.4) is 0 Å². The molecule has 1 aliphatic heterocycles. The molecule has 0 amide bonds. The standard InChI is InChI=1S/C21H19BrN4O4/c1-28-14-8-9-18(29-2)15(10-14)17-11-16(12-4-6-13(22)7-5-12)23-21-24-19(20(27)30-3)25-26(17)21/h4-10,17H,11H2,1-3H3. The van der Waals surface area contributed by atoms with Gasteiger partial charge in [-0.3, -0.25) is 0 Å². The summed E-state index contributed by atoms with van der Waals surface area (Å²) < 4.78 is 18.4. The van der Waals surface area contributed by atoms with Crippen LogP contribution in [-0.2, 0) is 4.74 Å². The number of nitrogens with zero attached hydrogens (tertiary/aromatic N) is 4. The summed E-state index contributed by atoms with van der Waals surface area (Å²) in [6.07, 6.45) is 0.530. The van der Waals surface area contributed by atoms with E-state index in [9.17, 15) is 4.79 Å². The Morgan fingerprint density at radius 3 is 2.53 bits per heavy atom. The maximum atomic E-state index is 12.0. The molecule has 1 unspecified atom stereocenters. The van der Waals surface area contributed by atoms with Gasteiger partial charge >= 0.3 is 5.97 Å². The lowest BCUT2D eigenvalue weighted by atomic mass is 9.95. The lowest BCUT2D eigenvalue weighted by Crippen LogP contribution is -2.22. The number of fused-ring (bicyclic) bond motifs is 1. The molecule has 9 heteroatoms. The summed E-state index contributed by atoms with van der Waals surface area (Å²) in [6, 6.07) is 13.2. The number of aliphatic imine (C=N–C) groups is 1. The van der Waals surface area contributed by atoms with Crippen LogP contribution in [0.15, 0.2) is 51.9 Å². The molecule has 4 rings (SSSR count). The summed E-state index contributed by atoms with van der Waals surface area (Å²) in [6.45, 7) is 0. The molecule has 0 saturated heterocycles. The number of ether oxygens (including phenoxy) is 3. The Morgan fingerprint density at radius 2 is 1.87 bits per heavy atom. The first-order chi connectivity index (χ1) is 14.5. The highest BCUT2D eigenvalue weighted by atomic mass is 79.9. The molecule has 3 aromatic rings. The van der Waals surface area contributed by atoms with Crippen LogP contribution in [-0.4, -0.2) is 47.8 Å². The molecule has 0 bridgehead atoms. The van der Waals surface area contributed by atoms with Crippen molar-refractivity contribution in [3.63, 3.8) is 0 Å². The maximum Gasteiger partial charge on any atom is 0.378 e.